The van der Waals surface area contributed by atoms with E-state index in [2.05, 4.69) is 0 Å². The van der Waals surface area contributed by atoms with E-state index in [0.717, 1.165) is 5.56 Å². The van der Waals surface area contributed by atoms with E-state index >= 15 is 0 Å². The summed E-state index contributed by atoms with van der Waals surface area (Å²) in [4.78, 5) is 29.6. The number of benzene rings is 1. The summed E-state index contributed by atoms with van der Waals surface area (Å²) in [5.74, 6) is -0.641. The van der Waals surface area contributed by atoms with Crippen molar-refractivity contribution in [3.63, 3.8) is 0 Å². The van der Waals surface area contributed by atoms with Crippen molar-refractivity contribution in [1.82, 2.24) is 0 Å². The second-order valence-electron chi connectivity index (χ2n) is 5.25. The van der Waals surface area contributed by atoms with Crippen LogP contribution in [-0.4, -0.2) is 36.8 Å². The van der Waals surface area contributed by atoms with Gasteiger partial charge in [-0.15, -0.1) is 0 Å². The zero-order valence-electron chi connectivity index (χ0n) is 12.9. The van der Waals surface area contributed by atoms with Crippen molar-refractivity contribution >= 4 is 12.0 Å². The van der Waals surface area contributed by atoms with Crippen molar-refractivity contribution in [1.29, 1.82) is 0 Å². The maximum absolute atomic E-state index is 12.3. The lowest BCUT2D eigenvalue weighted by Crippen LogP contribution is -2.60. The molecule has 0 saturated heterocycles. The maximum atomic E-state index is 12.3. The predicted molar refractivity (Wildman–Crippen MR) is 77.6 cm³/mol. The minimum absolute atomic E-state index is 0.0705. The van der Waals surface area contributed by atoms with Gasteiger partial charge in [-0.25, -0.2) is 4.79 Å². The minimum Gasteiger partial charge on any atom is -0.413 e. The Hall–Kier alpha value is -1.76. The fourth-order valence-electron chi connectivity index (χ4n) is 1.67. The summed E-state index contributed by atoms with van der Waals surface area (Å²) in [6, 6.07) is 8.39. The number of rotatable bonds is 5. The minimum atomic E-state index is -0.938. The molecule has 0 fully saturated rings. The van der Waals surface area contributed by atoms with Gasteiger partial charge in [-0.3, -0.25) is 0 Å². The number of carbonyl (C=O) groups excluding carboxylic acids is 2. The van der Waals surface area contributed by atoms with E-state index in [-0.39, 0.29) is 12.5 Å². The predicted octanol–water partition coefficient (Wildman–Crippen LogP) is 1.84. The van der Waals surface area contributed by atoms with Gasteiger partial charge < -0.3 is 10.5 Å². The van der Waals surface area contributed by atoms with Gasteiger partial charge in [-0.05, 0) is 16.1 Å². The van der Waals surface area contributed by atoms with E-state index < -0.39 is 22.7 Å². The van der Waals surface area contributed by atoms with Crippen LogP contribution in [0.1, 0.15) is 19.4 Å². The third-order valence-corrected chi connectivity index (χ3v) is 3.34. The Morgan fingerprint density at radius 3 is 2.29 bits per heavy atom. The van der Waals surface area contributed by atoms with Gasteiger partial charge in [0.15, 0.2) is 0 Å². The normalized spacial score (nSPS) is 15.3. The Balaban J connectivity index is 2.78. The van der Waals surface area contributed by atoms with Gasteiger partial charge >= 0.3 is 12.0 Å². The number of nitrogens with zero attached hydrogens (tertiary/aromatic N) is 1. The molecular weight excluding hydrogens is 272 g/mol. The van der Waals surface area contributed by atoms with Crippen molar-refractivity contribution in [2.75, 3.05) is 14.2 Å². The lowest BCUT2D eigenvalue weighted by Gasteiger charge is -2.26. The van der Waals surface area contributed by atoms with Crippen molar-refractivity contribution in [2.45, 2.75) is 26.5 Å². The molecule has 116 valence electrons. The maximum Gasteiger partial charge on any atom is 0.557 e. The Labute approximate surface area is 125 Å². The van der Waals surface area contributed by atoms with Crippen molar-refractivity contribution in [3.05, 3.63) is 35.9 Å². The summed E-state index contributed by atoms with van der Waals surface area (Å²) in [6.45, 7) is 3.68. The van der Waals surface area contributed by atoms with Crippen LogP contribution < -0.4 is 5.73 Å². The molecule has 2 unspecified atom stereocenters. The monoisotopic (exact) mass is 295 g/mol. The van der Waals surface area contributed by atoms with Crippen LogP contribution >= 0.6 is 0 Å². The zero-order valence-corrected chi connectivity index (χ0v) is 12.9. The van der Waals surface area contributed by atoms with E-state index in [9.17, 15) is 9.59 Å². The van der Waals surface area contributed by atoms with Crippen LogP contribution in [0.15, 0.2) is 30.3 Å². The van der Waals surface area contributed by atoms with E-state index in [0.29, 0.717) is 0 Å². The first-order valence-corrected chi connectivity index (χ1v) is 6.76. The summed E-state index contributed by atoms with van der Waals surface area (Å²) in [5, 5.41) is 0. The summed E-state index contributed by atoms with van der Waals surface area (Å²) >= 11 is 0. The molecule has 0 bridgehead atoms. The first-order valence-electron chi connectivity index (χ1n) is 6.76. The SMILES string of the molecule is CO[N+](C)(C(=O)OCc1ccccc1)C(=O)C(N)C(C)C. The topological polar surface area (TPSA) is 78.6 Å². The number of amides is 2. The van der Waals surface area contributed by atoms with Gasteiger partial charge in [0.25, 0.3) is 0 Å². The zero-order chi connectivity index (χ0) is 16.0. The molecule has 6 heteroatoms. The molecule has 0 aliphatic rings. The van der Waals surface area contributed by atoms with Crippen LogP contribution in [0.3, 0.4) is 0 Å². The number of hydroxylamine groups is 3. The van der Waals surface area contributed by atoms with E-state index in [1.54, 1.807) is 13.8 Å². The Morgan fingerprint density at radius 1 is 1.24 bits per heavy atom. The Bertz CT molecular complexity index is 490. The van der Waals surface area contributed by atoms with Gasteiger partial charge in [0.05, 0.1) is 7.11 Å². The van der Waals surface area contributed by atoms with Crippen molar-refractivity contribution in [2.24, 2.45) is 11.7 Å². The van der Waals surface area contributed by atoms with Crippen LogP contribution in [0.4, 0.5) is 4.79 Å². The average molecular weight is 295 g/mol. The number of hydrogen-bond acceptors (Lipinski definition) is 5. The molecule has 0 spiro atoms. The van der Waals surface area contributed by atoms with Gasteiger partial charge in [0.1, 0.15) is 19.7 Å². The molecular formula is C15H23N2O4+. The van der Waals surface area contributed by atoms with Gasteiger partial charge in [0.2, 0.25) is 0 Å². The first-order chi connectivity index (χ1) is 9.82. The fraction of sp³-hybridized carbons (Fsp3) is 0.467. The number of hydrogen-bond donors (Lipinski definition) is 1. The molecule has 2 atom stereocenters. The van der Waals surface area contributed by atoms with Crippen LogP contribution in [0.25, 0.3) is 0 Å². The molecule has 0 aromatic heterocycles. The van der Waals surface area contributed by atoms with Gasteiger partial charge in [-0.2, -0.15) is 9.63 Å². The molecule has 0 aliphatic heterocycles. The number of imide groups is 1. The lowest BCUT2D eigenvalue weighted by atomic mass is 10.0. The smallest absolute Gasteiger partial charge is 0.413 e. The highest BCUT2D eigenvalue weighted by Gasteiger charge is 2.48. The Morgan fingerprint density at radius 2 is 1.81 bits per heavy atom. The third kappa shape index (κ3) is 4.10. The Kier molecular flexibility index (Phi) is 6.02. The van der Waals surface area contributed by atoms with Crippen LogP contribution in [0.5, 0.6) is 0 Å². The second kappa shape index (κ2) is 7.31. The second-order valence-corrected chi connectivity index (χ2v) is 5.25. The average Bonchev–Trinajstić information content (AvgIpc) is 2.51. The summed E-state index contributed by atoms with van der Waals surface area (Å²) < 4.78 is 4.23. The fourth-order valence-corrected chi connectivity index (χ4v) is 1.67. The summed E-state index contributed by atoms with van der Waals surface area (Å²) in [5.41, 5.74) is 6.64. The largest absolute Gasteiger partial charge is 0.557 e. The first kappa shape index (κ1) is 17.3. The number of carbonyl (C=O) groups is 2. The van der Waals surface area contributed by atoms with Crippen LogP contribution in [0.2, 0.25) is 0 Å². The number of likely N-dealkylation sites (N-methyl/N-ethyl adjacent to an activating group) is 1. The summed E-state index contributed by atoms with van der Waals surface area (Å²) in [6.07, 6.45) is -0.789. The van der Waals surface area contributed by atoms with Crippen molar-refractivity contribution < 1.29 is 23.8 Å². The van der Waals surface area contributed by atoms with E-state index in [1.807, 2.05) is 30.3 Å². The molecule has 21 heavy (non-hydrogen) atoms. The molecule has 0 aliphatic carbocycles. The molecule has 1 aromatic rings. The number of quaternary nitrogens is 1. The molecule has 0 radical (unpaired) electrons. The number of ether oxygens (including phenoxy) is 1. The van der Waals surface area contributed by atoms with Crippen LogP contribution in [-0.2, 0) is 21.0 Å². The van der Waals surface area contributed by atoms with E-state index in [1.165, 1.54) is 14.2 Å². The molecule has 6 nitrogen and oxygen atoms in total. The van der Waals surface area contributed by atoms with Crippen LogP contribution in [0, 0.1) is 5.92 Å². The molecule has 0 saturated carbocycles. The standard InChI is InChI=1S/C15H23N2O4/c1-11(2)13(16)14(18)17(3,20-4)15(19)21-10-12-8-6-5-7-9-12/h5-9,11,13H,10,16H2,1-4H3/q+1. The molecule has 1 aromatic carbocycles. The van der Waals surface area contributed by atoms with Crippen molar-refractivity contribution in [3.8, 4) is 0 Å². The lowest BCUT2D eigenvalue weighted by molar-refractivity contribution is -0.964. The molecule has 2 amide bonds. The number of nitrogens with two attached hydrogens (primary N) is 1. The molecule has 2 N–H and O–H groups in total. The highest BCUT2D eigenvalue weighted by molar-refractivity contribution is 5.83. The third-order valence-electron chi connectivity index (χ3n) is 3.34. The summed E-state index contributed by atoms with van der Waals surface area (Å²) in [7, 11) is 2.60. The molecule has 1 rings (SSSR count). The van der Waals surface area contributed by atoms with Gasteiger partial charge in [-0.1, -0.05) is 44.2 Å². The highest BCUT2D eigenvalue weighted by Crippen LogP contribution is 2.14. The van der Waals surface area contributed by atoms with E-state index in [4.69, 9.17) is 15.3 Å². The molecule has 0 heterocycles. The quantitative estimate of drug-likeness (QED) is 0.662. The highest BCUT2D eigenvalue weighted by atomic mass is 16.8. The van der Waals surface area contributed by atoms with Gasteiger partial charge in [0, 0.05) is 0 Å².